The average molecular weight is 187 g/mol. The van der Waals surface area contributed by atoms with Crippen LogP contribution < -0.4 is 0 Å². The van der Waals surface area contributed by atoms with E-state index in [-0.39, 0.29) is 4.92 Å². The van der Waals surface area contributed by atoms with Crippen LogP contribution in [0.3, 0.4) is 0 Å². The van der Waals surface area contributed by atoms with Crippen molar-refractivity contribution in [1.29, 1.82) is 0 Å². The first-order valence-corrected chi connectivity index (χ1v) is 5.20. The largest absolute Gasteiger partial charge is 0.264 e. The van der Waals surface area contributed by atoms with Crippen LogP contribution in [0.4, 0.5) is 0 Å². The minimum absolute atomic E-state index is 0.159. The molecule has 0 aliphatic heterocycles. The maximum Gasteiger partial charge on any atom is 0.243 e. The highest BCUT2D eigenvalue weighted by Crippen LogP contribution is 2.29. The first-order valence-electron chi connectivity index (χ1n) is 4.22. The van der Waals surface area contributed by atoms with Crippen LogP contribution >= 0.6 is 11.8 Å². The fourth-order valence-corrected chi connectivity index (χ4v) is 2.33. The fourth-order valence-electron chi connectivity index (χ4n) is 1.36. The van der Waals surface area contributed by atoms with Gasteiger partial charge in [-0.05, 0) is 18.6 Å². The molecular weight excluding hydrogens is 174 g/mol. The van der Waals surface area contributed by atoms with E-state index in [1.807, 2.05) is 13.0 Å². The van der Waals surface area contributed by atoms with Crippen LogP contribution in [0.25, 0.3) is 0 Å². The number of nitro groups is 1. The van der Waals surface area contributed by atoms with E-state index in [9.17, 15) is 10.1 Å². The van der Waals surface area contributed by atoms with E-state index in [4.69, 9.17) is 0 Å². The number of hydrogen-bond donors (Lipinski definition) is 0. The summed E-state index contributed by atoms with van der Waals surface area (Å²) in [6.07, 6.45) is 4.70. The number of thioether (sulfide) groups is 1. The standard InChI is InChI=1S/C8H13NO2S/c1-2-12-8-6-4-3-5-7(8)9(10)11/h6-7H,2-5H2,1H3. The van der Waals surface area contributed by atoms with E-state index in [0.717, 1.165) is 23.5 Å². The molecule has 0 aromatic rings. The van der Waals surface area contributed by atoms with Crippen molar-refractivity contribution in [2.45, 2.75) is 32.2 Å². The molecule has 3 nitrogen and oxygen atoms in total. The van der Waals surface area contributed by atoms with E-state index in [1.165, 1.54) is 0 Å². The SMILES string of the molecule is CCSC1=CCCCC1[N+](=O)[O-]. The van der Waals surface area contributed by atoms with Gasteiger partial charge in [-0.3, -0.25) is 10.1 Å². The summed E-state index contributed by atoms with van der Waals surface area (Å²) in [5.74, 6) is 0.927. The molecule has 0 N–H and O–H groups in total. The molecule has 0 heterocycles. The molecule has 1 aliphatic carbocycles. The molecule has 0 saturated heterocycles. The van der Waals surface area contributed by atoms with E-state index in [2.05, 4.69) is 0 Å². The van der Waals surface area contributed by atoms with Crippen molar-refractivity contribution in [2.24, 2.45) is 0 Å². The normalized spacial score (nSPS) is 23.4. The van der Waals surface area contributed by atoms with Crippen LogP contribution in [0.2, 0.25) is 0 Å². The molecule has 1 rings (SSSR count). The van der Waals surface area contributed by atoms with Gasteiger partial charge in [-0.2, -0.15) is 0 Å². The first-order chi connectivity index (χ1) is 5.75. The quantitative estimate of drug-likeness (QED) is 0.503. The van der Waals surface area contributed by atoms with Crippen molar-refractivity contribution in [3.8, 4) is 0 Å². The lowest BCUT2D eigenvalue weighted by Gasteiger charge is -2.16. The summed E-state index contributed by atoms with van der Waals surface area (Å²) in [5.41, 5.74) is 0. The van der Waals surface area contributed by atoms with Gasteiger partial charge < -0.3 is 0 Å². The molecule has 0 spiro atoms. The Morgan fingerprint density at radius 2 is 2.58 bits per heavy atom. The predicted molar refractivity (Wildman–Crippen MR) is 50.8 cm³/mol. The Labute approximate surface area is 76.4 Å². The van der Waals surface area contributed by atoms with Crippen molar-refractivity contribution >= 4 is 11.8 Å². The van der Waals surface area contributed by atoms with Crippen LogP contribution in [-0.2, 0) is 0 Å². The topological polar surface area (TPSA) is 43.1 Å². The highest BCUT2D eigenvalue weighted by atomic mass is 32.2. The van der Waals surface area contributed by atoms with Crippen LogP contribution in [0.5, 0.6) is 0 Å². The third-order valence-corrected chi connectivity index (χ3v) is 2.98. The number of rotatable bonds is 3. The second kappa shape index (κ2) is 4.50. The van der Waals surface area contributed by atoms with Gasteiger partial charge >= 0.3 is 0 Å². The summed E-state index contributed by atoms with van der Waals surface area (Å²) < 4.78 is 0. The zero-order valence-corrected chi connectivity index (χ0v) is 7.97. The van der Waals surface area contributed by atoms with Crippen molar-refractivity contribution < 1.29 is 4.92 Å². The van der Waals surface area contributed by atoms with Gasteiger partial charge in [0.15, 0.2) is 0 Å². The van der Waals surface area contributed by atoms with Gasteiger partial charge in [-0.1, -0.05) is 13.0 Å². The zero-order chi connectivity index (χ0) is 8.97. The highest BCUT2D eigenvalue weighted by molar-refractivity contribution is 8.03. The lowest BCUT2D eigenvalue weighted by Crippen LogP contribution is -2.22. The number of allylic oxidation sites excluding steroid dienone is 1. The summed E-state index contributed by atoms with van der Waals surface area (Å²) in [7, 11) is 0. The molecule has 0 saturated carbocycles. The van der Waals surface area contributed by atoms with Gasteiger partial charge in [0.1, 0.15) is 0 Å². The van der Waals surface area contributed by atoms with Crippen LogP contribution in [-0.4, -0.2) is 16.7 Å². The van der Waals surface area contributed by atoms with Crippen molar-refractivity contribution in [3.63, 3.8) is 0 Å². The smallest absolute Gasteiger partial charge is 0.243 e. The summed E-state index contributed by atoms with van der Waals surface area (Å²) in [6, 6.07) is -0.413. The Balaban J connectivity index is 2.64. The Bertz CT molecular complexity index is 203. The lowest BCUT2D eigenvalue weighted by molar-refractivity contribution is -0.511. The minimum atomic E-state index is -0.413. The molecule has 1 atom stereocenters. The molecule has 0 aromatic carbocycles. The monoisotopic (exact) mass is 187 g/mol. The van der Waals surface area contributed by atoms with Crippen LogP contribution in [0.1, 0.15) is 26.2 Å². The Morgan fingerprint density at radius 1 is 1.83 bits per heavy atom. The van der Waals surface area contributed by atoms with Gasteiger partial charge in [0.05, 0.1) is 4.91 Å². The number of hydrogen-bond acceptors (Lipinski definition) is 3. The second-order valence-electron chi connectivity index (χ2n) is 2.77. The Hall–Kier alpha value is -0.510. The zero-order valence-electron chi connectivity index (χ0n) is 7.16. The van der Waals surface area contributed by atoms with E-state index < -0.39 is 6.04 Å². The molecule has 0 amide bonds. The molecule has 1 unspecified atom stereocenters. The Morgan fingerprint density at radius 3 is 3.17 bits per heavy atom. The molecule has 0 bridgehead atoms. The molecule has 1 aliphatic rings. The van der Waals surface area contributed by atoms with Gasteiger partial charge in [0.25, 0.3) is 0 Å². The van der Waals surface area contributed by atoms with Crippen LogP contribution in [0.15, 0.2) is 11.0 Å². The fraction of sp³-hybridized carbons (Fsp3) is 0.750. The first kappa shape index (κ1) is 9.58. The molecule has 0 radical (unpaired) electrons. The molecular formula is C8H13NO2S. The van der Waals surface area contributed by atoms with Crippen LogP contribution in [0, 0.1) is 10.1 Å². The van der Waals surface area contributed by atoms with Crippen molar-refractivity contribution in [1.82, 2.24) is 0 Å². The third kappa shape index (κ3) is 2.24. The van der Waals surface area contributed by atoms with E-state index in [0.29, 0.717) is 6.42 Å². The van der Waals surface area contributed by atoms with Gasteiger partial charge in [-0.15, -0.1) is 11.8 Å². The molecule has 0 fully saturated rings. The molecule has 4 heteroatoms. The highest BCUT2D eigenvalue weighted by Gasteiger charge is 2.27. The Kier molecular flexibility index (Phi) is 3.59. The lowest BCUT2D eigenvalue weighted by atomic mass is 10.0. The van der Waals surface area contributed by atoms with E-state index >= 15 is 0 Å². The summed E-state index contributed by atoms with van der Waals surface area (Å²) in [6.45, 7) is 2.02. The van der Waals surface area contributed by atoms with Gasteiger partial charge in [0.2, 0.25) is 6.04 Å². The average Bonchev–Trinajstić information content (AvgIpc) is 2.05. The number of nitrogens with zero attached hydrogens (tertiary/aromatic N) is 1. The van der Waals surface area contributed by atoms with E-state index in [1.54, 1.807) is 11.8 Å². The molecule has 12 heavy (non-hydrogen) atoms. The predicted octanol–water partition coefficient (Wildman–Crippen LogP) is 2.45. The van der Waals surface area contributed by atoms with Gasteiger partial charge in [0, 0.05) is 11.3 Å². The summed E-state index contributed by atoms with van der Waals surface area (Å²) in [4.78, 5) is 11.4. The maximum atomic E-state index is 10.6. The third-order valence-electron chi connectivity index (χ3n) is 1.92. The van der Waals surface area contributed by atoms with Crippen molar-refractivity contribution in [3.05, 3.63) is 21.1 Å². The summed E-state index contributed by atoms with van der Waals surface area (Å²) in [5, 5.41) is 10.6. The summed E-state index contributed by atoms with van der Waals surface area (Å²) >= 11 is 1.61. The molecule has 68 valence electrons. The van der Waals surface area contributed by atoms with Gasteiger partial charge in [-0.25, -0.2) is 0 Å². The van der Waals surface area contributed by atoms with Crippen molar-refractivity contribution in [2.75, 3.05) is 5.75 Å². The minimum Gasteiger partial charge on any atom is -0.264 e. The maximum absolute atomic E-state index is 10.6. The second-order valence-corrected chi connectivity index (χ2v) is 4.11. The molecule has 0 aromatic heterocycles.